The highest BCUT2D eigenvalue weighted by Crippen LogP contribution is 2.20. The summed E-state index contributed by atoms with van der Waals surface area (Å²) in [4.78, 5) is 14.5. The molecule has 4 nitrogen and oxygen atoms in total. The Kier molecular flexibility index (Phi) is 5.86. The molecular formula is C21H23NO3. The van der Waals surface area contributed by atoms with Gasteiger partial charge in [-0.2, -0.15) is 0 Å². The summed E-state index contributed by atoms with van der Waals surface area (Å²) in [5, 5.41) is 0. The van der Waals surface area contributed by atoms with Crippen LogP contribution in [0.4, 0.5) is 5.69 Å². The van der Waals surface area contributed by atoms with Gasteiger partial charge in [-0.05, 0) is 49.2 Å². The quantitative estimate of drug-likeness (QED) is 0.715. The molecule has 1 aliphatic heterocycles. The van der Waals surface area contributed by atoms with E-state index in [0.717, 1.165) is 30.9 Å². The molecule has 0 saturated carbocycles. The molecule has 3 rings (SSSR count). The Bertz CT molecular complexity index is 691. The predicted molar refractivity (Wildman–Crippen MR) is 99.2 cm³/mol. The molecule has 1 amide bonds. The minimum Gasteiger partial charge on any atom is -0.491 e. The number of para-hydroxylation sites is 1. The highest BCUT2D eigenvalue weighted by molar-refractivity contribution is 6.06. The summed E-state index contributed by atoms with van der Waals surface area (Å²) >= 11 is 0. The Hall–Kier alpha value is -2.59. The van der Waals surface area contributed by atoms with Crippen molar-refractivity contribution in [3.63, 3.8) is 0 Å². The smallest absolute Gasteiger partial charge is 0.258 e. The molecular weight excluding hydrogens is 314 g/mol. The Labute approximate surface area is 148 Å². The summed E-state index contributed by atoms with van der Waals surface area (Å²) in [6, 6.07) is 16.9. The van der Waals surface area contributed by atoms with Gasteiger partial charge in [-0.3, -0.25) is 4.79 Å². The summed E-state index contributed by atoms with van der Waals surface area (Å²) in [7, 11) is 0. The molecule has 0 spiro atoms. The van der Waals surface area contributed by atoms with Gasteiger partial charge >= 0.3 is 0 Å². The summed E-state index contributed by atoms with van der Waals surface area (Å²) in [5.41, 5.74) is 1.47. The van der Waals surface area contributed by atoms with Gasteiger partial charge in [-0.15, -0.1) is 6.58 Å². The number of carbonyl (C=O) groups excluding carboxylic acids is 1. The van der Waals surface area contributed by atoms with E-state index in [1.54, 1.807) is 23.1 Å². The van der Waals surface area contributed by atoms with E-state index in [-0.39, 0.29) is 12.0 Å². The third kappa shape index (κ3) is 4.48. The maximum absolute atomic E-state index is 12.8. The third-order valence-electron chi connectivity index (χ3n) is 4.19. The molecule has 1 aliphatic rings. The fraction of sp³-hybridized carbons (Fsp3) is 0.286. The highest BCUT2D eigenvalue weighted by Gasteiger charge is 2.18. The van der Waals surface area contributed by atoms with E-state index >= 15 is 0 Å². The molecule has 0 radical (unpaired) electrons. The number of hydrogen-bond acceptors (Lipinski definition) is 3. The molecule has 1 unspecified atom stereocenters. The first-order valence-corrected chi connectivity index (χ1v) is 8.60. The van der Waals surface area contributed by atoms with E-state index in [1.807, 2.05) is 42.5 Å². The molecule has 1 saturated heterocycles. The summed E-state index contributed by atoms with van der Waals surface area (Å²) in [6.45, 7) is 5.59. The normalized spacial score (nSPS) is 16.4. The van der Waals surface area contributed by atoms with Gasteiger partial charge in [-0.25, -0.2) is 0 Å². The second kappa shape index (κ2) is 8.49. The second-order valence-electron chi connectivity index (χ2n) is 6.01. The molecule has 2 aromatic rings. The van der Waals surface area contributed by atoms with Gasteiger partial charge in [-0.1, -0.05) is 24.3 Å². The first-order valence-electron chi connectivity index (χ1n) is 8.60. The van der Waals surface area contributed by atoms with E-state index in [0.29, 0.717) is 18.7 Å². The van der Waals surface area contributed by atoms with E-state index in [1.165, 1.54) is 0 Å². The van der Waals surface area contributed by atoms with Gasteiger partial charge in [0.1, 0.15) is 12.4 Å². The van der Waals surface area contributed by atoms with Crippen LogP contribution in [0.3, 0.4) is 0 Å². The number of carbonyl (C=O) groups is 1. The van der Waals surface area contributed by atoms with Crippen LogP contribution in [0.25, 0.3) is 0 Å². The van der Waals surface area contributed by atoms with Crippen molar-refractivity contribution < 1.29 is 14.3 Å². The van der Waals surface area contributed by atoms with Crippen LogP contribution in [0.15, 0.2) is 67.3 Å². The monoisotopic (exact) mass is 337 g/mol. The minimum atomic E-state index is -0.0585. The lowest BCUT2D eigenvalue weighted by Gasteiger charge is -2.21. The number of ether oxygens (including phenoxy) is 2. The number of amides is 1. The summed E-state index contributed by atoms with van der Waals surface area (Å²) in [5.74, 6) is 0.693. The molecule has 1 heterocycles. The predicted octanol–water partition coefficient (Wildman–Crippen LogP) is 4.08. The van der Waals surface area contributed by atoms with Crippen LogP contribution in [-0.4, -0.2) is 31.8 Å². The van der Waals surface area contributed by atoms with Crippen LogP contribution in [0.5, 0.6) is 5.75 Å². The van der Waals surface area contributed by atoms with Crippen LogP contribution in [0.1, 0.15) is 23.2 Å². The van der Waals surface area contributed by atoms with E-state index < -0.39 is 0 Å². The molecule has 1 atom stereocenters. The summed E-state index contributed by atoms with van der Waals surface area (Å²) < 4.78 is 11.3. The van der Waals surface area contributed by atoms with E-state index in [4.69, 9.17) is 9.47 Å². The number of benzene rings is 2. The molecule has 1 fully saturated rings. The Morgan fingerprint density at radius 1 is 1.20 bits per heavy atom. The van der Waals surface area contributed by atoms with Crippen molar-refractivity contribution in [2.24, 2.45) is 0 Å². The fourth-order valence-corrected chi connectivity index (χ4v) is 2.86. The van der Waals surface area contributed by atoms with Gasteiger partial charge in [0.25, 0.3) is 5.91 Å². The van der Waals surface area contributed by atoms with Crippen molar-refractivity contribution in [1.82, 2.24) is 0 Å². The van der Waals surface area contributed by atoms with Crippen LogP contribution < -0.4 is 9.64 Å². The van der Waals surface area contributed by atoms with Crippen molar-refractivity contribution >= 4 is 11.6 Å². The first kappa shape index (κ1) is 17.2. The van der Waals surface area contributed by atoms with E-state index in [2.05, 4.69) is 6.58 Å². The molecule has 0 aliphatic carbocycles. The maximum atomic E-state index is 12.8. The van der Waals surface area contributed by atoms with Crippen molar-refractivity contribution in [3.05, 3.63) is 72.8 Å². The first-order chi connectivity index (χ1) is 12.3. The lowest BCUT2D eigenvalue weighted by molar-refractivity contribution is 0.0679. The Morgan fingerprint density at radius 3 is 2.60 bits per heavy atom. The molecule has 130 valence electrons. The standard InChI is InChI=1S/C21H23NO3/c1-2-14-22(18-7-4-3-5-8-18)21(23)17-10-12-19(13-11-17)25-16-20-9-6-15-24-20/h2-5,7-8,10-13,20H,1,6,9,14-16H2. The van der Waals surface area contributed by atoms with Gasteiger partial charge in [0.2, 0.25) is 0 Å². The molecule has 0 bridgehead atoms. The lowest BCUT2D eigenvalue weighted by Crippen LogP contribution is -2.30. The molecule has 0 aromatic heterocycles. The van der Waals surface area contributed by atoms with Crippen LogP contribution >= 0.6 is 0 Å². The summed E-state index contributed by atoms with van der Waals surface area (Å²) in [6.07, 6.45) is 4.05. The van der Waals surface area contributed by atoms with Gasteiger partial charge in [0.15, 0.2) is 0 Å². The topological polar surface area (TPSA) is 38.8 Å². The van der Waals surface area contributed by atoms with Gasteiger partial charge in [0, 0.05) is 24.4 Å². The second-order valence-corrected chi connectivity index (χ2v) is 6.01. The van der Waals surface area contributed by atoms with E-state index in [9.17, 15) is 4.79 Å². The maximum Gasteiger partial charge on any atom is 0.258 e. The van der Waals surface area contributed by atoms with Crippen LogP contribution in [0, 0.1) is 0 Å². The Balaban J connectivity index is 1.67. The zero-order valence-electron chi connectivity index (χ0n) is 14.3. The zero-order valence-corrected chi connectivity index (χ0v) is 14.3. The van der Waals surface area contributed by atoms with Gasteiger partial charge < -0.3 is 14.4 Å². The molecule has 25 heavy (non-hydrogen) atoms. The van der Waals surface area contributed by atoms with Gasteiger partial charge in [0.05, 0.1) is 6.10 Å². The Morgan fingerprint density at radius 2 is 1.96 bits per heavy atom. The zero-order chi connectivity index (χ0) is 17.5. The number of hydrogen-bond donors (Lipinski definition) is 0. The average Bonchev–Trinajstić information content (AvgIpc) is 3.19. The minimum absolute atomic E-state index is 0.0585. The fourth-order valence-electron chi connectivity index (χ4n) is 2.86. The third-order valence-corrected chi connectivity index (χ3v) is 4.19. The number of anilines is 1. The van der Waals surface area contributed by atoms with Crippen molar-refractivity contribution in [3.8, 4) is 5.75 Å². The largest absolute Gasteiger partial charge is 0.491 e. The highest BCUT2D eigenvalue weighted by atomic mass is 16.5. The van der Waals surface area contributed by atoms with Crippen molar-refractivity contribution in [1.29, 1.82) is 0 Å². The molecule has 2 aromatic carbocycles. The molecule has 0 N–H and O–H groups in total. The SMILES string of the molecule is C=CCN(C(=O)c1ccc(OCC2CCCO2)cc1)c1ccccc1. The average molecular weight is 337 g/mol. The lowest BCUT2D eigenvalue weighted by atomic mass is 10.1. The van der Waals surface area contributed by atoms with Crippen molar-refractivity contribution in [2.45, 2.75) is 18.9 Å². The number of rotatable bonds is 7. The molecule has 4 heteroatoms. The van der Waals surface area contributed by atoms with Crippen molar-refractivity contribution in [2.75, 3.05) is 24.7 Å². The van der Waals surface area contributed by atoms with Crippen LogP contribution in [0.2, 0.25) is 0 Å². The van der Waals surface area contributed by atoms with Crippen LogP contribution in [-0.2, 0) is 4.74 Å². The number of nitrogens with zero attached hydrogens (tertiary/aromatic N) is 1.